The van der Waals surface area contributed by atoms with Gasteiger partial charge in [0.05, 0.1) is 5.69 Å². The molecule has 0 saturated heterocycles. The van der Waals surface area contributed by atoms with Crippen molar-refractivity contribution in [2.75, 3.05) is 16.0 Å². The fourth-order valence-electron chi connectivity index (χ4n) is 2.66. The molecular weight excluding hydrogens is 350 g/mol. The normalized spacial score (nSPS) is 11.5. The van der Waals surface area contributed by atoms with Crippen LogP contribution >= 0.6 is 0 Å². The monoisotopic (exact) mass is 375 g/mol. The summed E-state index contributed by atoms with van der Waals surface area (Å²) < 4.78 is 0. The van der Waals surface area contributed by atoms with E-state index in [1.807, 2.05) is 60.7 Å². The van der Waals surface area contributed by atoms with Crippen LogP contribution in [0.4, 0.5) is 23.1 Å². The van der Waals surface area contributed by atoms with E-state index < -0.39 is 0 Å². The summed E-state index contributed by atoms with van der Waals surface area (Å²) in [7, 11) is 0. The molecule has 3 rings (SSSR count). The van der Waals surface area contributed by atoms with Crippen molar-refractivity contribution in [1.29, 1.82) is 0 Å². The number of amides is 1. The maximum atomic E-state index is 11.2. The summed E-state index contributed by atoms with van der Waals surface area (Å²) in [6.45, 7) is 5.74. The molecule has 1 unspecified atom stereocenters. The maximum Gasteiger partial charge on any atom is 0.229 e. The zero-order valence-electron chi connectivity index (χ0n) is 16.4. The summed E-state index contributed by atoms with van der Waals surface area (Å²) in [6.07, 6.45) is 0.998. The molecular formula is C22H25N5O. The van der Waals surface area contributed by atoms with Crippen LogP contribution in [0.5, 0.6) is 0 Å². The Kier molecular flexibility index (Phi) is 6.22. The van der Waals surface area contributed by atoms with Crippen LogP contribution in [0.15, 0.2) is 60.7 Å². The molecule has 0 aliphatic rings. The average molecular weight is 375 g/mol. The molecule has 0 aliphatic carbocycles. The highest BCUT2D eigenvalue weighted by Crippen LogP contribution is 2.24. The lowest BCUT2D eigenvalue weighted by atomic mass is 10.1. The van der Waals surface area contributed by atoms with E-state index in [1.165, 1.54) is 6.92 Å². The van der Waals surface area contributed by atoms with Crippen LogP contribution in [-0.2, 0) is 4.79 Å². The highest BCUT2D eigenvalue weighted by Gasteiger charge is 2.09. The first-order valence-corrected chi connectivity index (χ1v) is 9.39. The fraction of sp³-hybridized carbons (Fsp3) is 0.227. The number of nitrogens with one attached hydrogen (secondary N) is 3. The Bertz CT molecular complexity index is 925. The third kappa shape index (κ3) is 5.30. The molecule has 6 nitrogen and oxygen atoms in total. The van der Waals surface area contributed by atoms with Crippen LogP contribution in [0.2, 0.25) is 0 Å². The maximum absolute atomic E-state index is 11.2. The van der Waals surface area contributed by atoms with Crippen molar-refractivity contribution in [2.24, 2.45) is 0 Å². The van der Waals surface area contributed by atoms with Gasteiger partial charge in [-0.2, -0.15) is 4.98 Å². The topological polar surface area (TPSA) is 78.9 Å². The molecule has 1 atom stereocenters. The average Bonchev–Trinajstić information content (AvgIpc) is 2.69. The van der Waals surface area contributed by atoms with Gasteiger partial charge in [-0.05, 0) is 37.6 Å². The van der Waals surface area contributed by atoms with Gasteiger partial charge >= 0.3 is 0 Å². The Labute approximate surface area is 165 Å². The van der Waals surface area contributed by atoms with E-state index in [-0.39, 0.29) is 5.91 Å². The van der Waals surface area contributed by atoms with E-state index in [2.05, 4.69) is 39.8 Å². The van der Waals surface area contributed by atoms with Crippen molar-refractivity contribution in [2.45, 2.75) is 33.2 Å². The molecule has 2 aromatic carbocycles. The van der Waals surface area contributed by atoms with Crippen LogP contribution in [0, 0.1) is 0 Å². The number of nitrogens with zero attached hydrogens (tertiary/aromatic N) is 2. The Balaban J connectivity index is 1.88. The first-order chi connectivity index (χ1) is 13.5. The van der Waals surface area contributed by atoms with Crippen LogP contribution in [-0.4, -0.2) is 21.9 Å². The molecule has 0 saturated carbocycles. The molecule has 0 fully saturated rings. The summed E-state index contributed by atoms with van der Waals surface area (Å²) in [4.78, 5) is 20.4. The third-order valence-electron chi connectivity index (χ3n) is 4.26. The first kappa shape index (κ1) is 19.4. The van der Waals surface area contributed by atoms with Gasteiger partial charge in [0, 0.05) is 36.0 Å². The third-order valence-corrected chi connectivity index (χ3v) is 4.26. The number of aromatic nitrogens is 2. The lowest BCUT2D eigenvalue weighted by Crippen LogP contribution is -2.15. The van der Waals surface area contributed by atoms with Gasteiger partial charge in [0.15, 0.2) is 0 Å². The Morgan fingerprint density at radius 3 is 2.32 bits per heavy atom. The predicted molar refractivity (Wildman–Crippen MR) is 115 cm³/mol. The zero-order valence-corrected chi connectivity index (χ0v) is 16.4. The zero-order chi connectivity index (χ0) is 19.9. The van der Waals surface area contributed by atoms with Crippen molar-refractivity contribution in [3.05, 3.63) is 60.7 Å². The summed E-state index contributed by atoms with van der Waals surface area (Å²) >= 11 is 0. The highest BCUT2D eigenvalue weighted by molar-refractivity contribution is 5.88. The van der Waals surface area contributed by atoms with E-state index in [0.717, 1.165) is 34.9 Å². The first-order valence-electron chi connectivity index (χ1n) is 9.39. The molecule has 6 heteroatoms. The summed E-state index contributed by atoms with van der Waals surface area (Å²) in [5, 5.41) is 9.43. The molecule has 0 bridgehead atoms. The number of carbonyl (C=O) groups excluding carboxylic acids is 1. The Morgan fingerprint density at radius 2 is 1.68 bits per heavy atom. The molecule has 144 valence electrons. The molecule has 0 radical (unpaired) electrons. The molecule has 3 aromatic rings. The van der Waals surface area contributed by atoms with Crippen LogP contribution in [0.25, 0.3) is 11.3 Å². The number of benzene rings is 2. The number of anilines is 4. The van der Waals surface area contributed by atoms with Crippen molar-refractivity contribution in [3.8, 4) is 11.3 Å². The second-order valence-corrected chi connectivity index (χ2v) is 6.67. The van der Waals surface area contributed by atoms with Crippen LogP contribution in [0.1, 0.15) is 27.2 Å². The van der Waals surface area contributed by atoms with E-state index in [9.17, 15) is 4.79 Å². The molecule has 28 heavy (non-hydrogen) atoms. The molecule has 1 aromatic heterocycles. The molecule has 1 amide bonds. The fourth-order valence-corrected chi connectivity index (χ4v) is 2.66. The van der Waals surface area contributed by atoms with Crippen LogP contribution in [0.3, 0.4) is 0 Å². The van der Waals surface area contributed by atoms with Gasteiger partial charge in [-0.3, -0.25) is 4.79 Å². The second-order valence-electron chi connectivity index (χ2n) is 6.67. The SMILES string of the molecule is CCC(C)Nc1cc(-c2ccccc2)nc(Nc2ccc(NC(C)=O)cc2)n1. The van der Waals surface area contributed by atoms with Crippen molar-refractivity contribution in [1.82, 2.24) is 9.97 Å². The smallest absolute Gasteiger partial charge is 0.229 e. The van der Waals surface area contributed by atoms with Crippen molar-refractivity contribution in [3.63, 3.8) is 0 Å². The highest BCUT2D eigenvalue weighted by atomic mass is 16.1. The number of rotatable bonds is 7. The van der Waals surface area contributed by atoms with Gasteiger partial charge in [0.2, 0.25) is 11.9 Å². The van der Waals surface area contributed by atoms with Crippen molar-refractivity contribution < 1.29 is 4.79 Å². The Hall–Kier alpha value is -3.41. The lowest BCUT2D eigenvalue weighted by molar-refractivity contribution is -0.114. The van der Waals surface area contributed by atoms with Gasteiger partial charge in [-0.15, -0.1) is 0 Å². The minimum Gasteiger partial charge on any atom is -0.367 e. The van der Waals surface area contributed by atoms with Crippen molar-refractivity contribution >= 4 is 29.0 Å². The largest absolute Gasteiger partial charge is 0.367 e. The Morgan fingerprint density at radius 1 is 1.00 bits per heavy atom. The summed E-state index contributed by atoms with van der Waals surface area (Å²) in [5.74, 6) is 1.19. The van der Waals surface area contributed by atoms with Gasteiger partial charge in [-0.25, -0.2) is 4.98 Å². The molecule has 0 aliphatic heterocycles. The molecule has 0 spiro atoms. The van der Waals surface area contributed by atoms with E-state index in [0.29, 0.717) is 12.0 Å². The lowest BCUT2D eigenvalue weighted by Gasteiger charge is -2.15. The summed E-state index contributed by atoms with van der Waals surface area (Å²) in [6, 6.07) is 19.7. The molecule has 1 heterocycles. The van der Waals surface area contributed by atoms with Gasteiger partial charge in [0.1, 0.15) is 5.82 Å². The van der Waals surface area contributed by atoms with E-state index in [1.54, 1.807) is 0 Å². The van der Waals surface area contributed by atoms with Crippen LogP contribution < -0.4 is 16.0 Å². The minimum atomic E-state index is -0.0969. The standard InChI is InChI=1S/C22H25N5O/c1-4-15(2)23-21-14-20(17-8-6-5-7-9-17)26-22(27-21)25-19-12-10-18(11-13-19)24-16(3)28/h5-15H,4H2,1-3H3,(H,24,28)(H2,23,25,26,27). The van der Waals surface area contributed by atoms with Gasteiger partial charge < -0.3 is 16.0 Å². The quantitative estimate of drug-likeness (QED) is 0.538. The minimum absolute atomic E-state index is 0.0969. The molecule has 3 N–H and O–H groups in total. The van der Waals surface area contributed by atoms with Gasteiger partial charge in [0.25, 0.3) is 0 Å². The van der Waals surface area contributed by atoms with E-state index >= 15 is 0 Å². The number of hydrogen-bond donors (Lipinski definition) is 3. The van der Waals surface area contributed by atoms with E-state index in [4.69, 9.17) is 0 Å². The second kappa shape index (κ2) is 8.99. The predicted octanol–water partition coefficient (Wildman–Crippen LogP) is 5.06. The number of carbonyl (C=O) groups is 1. The number of hydrogen-bond acceptors (Lipinski definition) is 5. The van der Waals surface area contributed by atoms with Gasteiger partial charge in [-0.1, -0.05) is 37.3 Å². The summed E-state index contributed by atoms with van der Waals surface area (Å²) in [5.41, 5.74) is 3.46.